The Hall–Kier alpha value is -1.61. The molecule has 2 N–H and O–H groups in total. The first-order valence-electron chi connectivity index (χ1n) is 6.16. The van der Waals surface area contributed by atoms with E-state index in [1.165, 1.54) is 11.5 Å². The van der Waals surface area contributed by atoms with Gasteiger partial charge in [0.1, 0.15) is 16.6 Å². The molecule has 5 nitrogen and oxygen atoms in total. The van der Waals surface area contributed by atoms with Crippen molar-refractivity contribution in [3.63, 3.8) is 0 Å². The van der Waals surface area contributed by atoms with Crippen molar-refractivity contribution in [1.29, 1.82) is 5.26 Å². The summed E-state index contributed by atoms with van der Waals surface area (Å²) in [6.07, 6.45) is 4.08. The molecular formula is C12H18N4OS. The van der Waals surface area contributed by atoms with Crippen LogP contribution < -0.4 is 10.6 Å². The van der Waals surface area contributed by atoms with Crippen LogP contribution in [0.1, 0.15) is 44.4 Å². The van der Waals surface area contributed by atoms with Crippen molar-refractivity contribution in [3.05, 3.63) is 11.3 Å². The normalized spacial score (nSPS) is 9.83. The number of hydrogen-bond acceptors (Lipinski definition) is 4. The SMILES string of the molecule is CCCCCc1nsc(NC(=O)NCC)c1C#N. The van der Waals surface area contributed by atoms with Gasteiger partial charge in [0, 0.05) is 6.54 Å². The number of amides is 2. The van der Waals surface area contributed by atoms with Gasteiger partial charge >= 0.3 is 6.03 Å². The average Bonchev–Trinajstić information content (AvgIpc) is 2.72. The molecule has 0 atom stereocenters. The van der Waals surface area contributed by atoms with Gasteiger partial charge in [-0.25, -0.2) is 4.79 Å². The summed E-state index contributed by atoms with van der Waals surface area (Å²) in [6.45, 7) is 4.53. The summed E-state index contributed by atoms with van der Waals surface area (Å²) in [5, 5.41) is 15.0. The molecule has 1 rings (SSSR count). The number of aryl methyl sites for hydroxylation is 1. The number of rotatable bonds is 6. The Labute approximate surface area is 111 Å². The van der Waals surface area contributed by atoms with Crippen LogP contribution in [0.4, 0.5) is 9.80 Å². The van der Waals surface area contributed by atoms with E-state index in [2.05, 4.69) is 28.0 Å². The number of anilines is 1. The van der Waals surface area contributed by atoms with Gasteiger partial charge < -0.3 is 5.32 Å². The molecule has 1 aromatic heterocycles. The molecule has 0 radical (unpaired) electrons. The van der Waals surface area contributed by atoms with E-state index in [4.69, 9.17) is 5.26 Å². The molecule has 0 saturated carbocycles. The van der Waals surface area contributed by atoms with E-state index in [0.29, 0.717) is 17.1 Å². The first kappa shape index (κ1) is 14.5. The minimum atomic E-state index is -0.294. The molecule has 0 saturated heterocycles. The Kier molecular flexibility index (Phi) is 6.15. The average molecular weight is 266 g/mol. The van der Waals surface area contributed by atoms with Gasteiger partial charge in [-0.1, -0.05) is 19.8 Å². The molecule has 0 spiro atoms. The highest BCUT2D eigenvalue weighted by molar-refractivity contribution is 7.10. The number of nitriles is 1. The zero-order valence-corrected chi connectivity index (χ0v) is 11.6. The predicted octanol–water partition coefficient (Wildman–Crippen LogP) is 2.89. The predicted molar refractivity (Wildman–Crippen MR) is 72.8 cm³/mol. The van der Waals surface area contributed by atoms with Crippen molar-refractivity contribution in [2.75, 3.05) is 11.9 Å². The molecular weight excluding hydrogens is 248 g/mol. The smallest absolute Gasteiger partial charge is 0.319 e. The lowest BCUT2D eigenvalue weighted by Gasteiger charge is -2.03. The van der Waals surface area contributed by atoms with Crippen molar-refractivity contribution in [1.82, 2.24) is 9.69 Å². The van der Waals surface area contributed by atoms with Crippen LogP contribution in [-0.4, -0.2) is 16.9 Å². The molecule has 0 fully saturated rings. The van der Waals surface area contributed by atoms with Gasteiger partial charge in [0.2, 0.25) is 0 Å². The molecule has 0 aliphatic heterocycles. The maximum atomic E-state index is 11.4. The lowest BCUT2D eigenvalue weighted by Crippen LogP contribution is -2.28. The van der Waals surface area contributed by atoms with E-state index < -0.39 is 0 Å². The summed E-state index contributed by atoms with van der Waals surface area (Å²) in [5.74, 6) is 0. The molecule has 0 aliphatic rings. The minimum absolute atomic E-state index is 0.294. The van der Waals surface area contributed by atoms with E-state index in [9.17, 15) is 4.79 Å². The number of nitrogens with zero attached hydrogens (tertiary/aromatic N) is 2. The lowest BCUT2D eigenvalue weighted by atomic mass is 10.1. The van der Waals surface area contributed by atoms with Crippen molar-refractivity contribution in [2.24, 2.45) is 0 Å². The molecule has 98 valence electrons. The lowest BCUT2D eigenvalue weighted by molar-refractivity contribution is 0.252. The second-order valence-electron chi connectivity index (χ2n) is 3.89. The zero-order valence-electron chi connectivity index (χ0n) is 10.7. The van der Waals surface area contributed by atoms with Crippen LogP contribution in [0.15, 0.2) is 0 Å². The third-order valence-electron chi connectivity index (χ3n) is 2.46. The molecule has 1 heterocycles. The van der Waals surface area contributed by atoms with Crippen LogP contribution in [0.3, 0.4) is 0 Å². The molecule has 0 aromatic carbocycles. The summed E-state index contributed by atoms with van der Waals surface area (Å²) in [6, 6.07) is 1.83. The number of aromatic nitrogens is 1. The Balaban J connectivity index is 2.69. The van der Waals surface area contributed by atoms with Gasteiger partial charge in [-0.3, -0.25) is 5.32 Å². The number of carbonyl (C=O) groups excluding carboxylic acids is 1. The van der Waals surface area contributed by atoms with Crippen molar-refractivity contribution in [2.45, 2.75) is 39.5 Å². The molecule has 0 unspecified atom stereocenters. The van der Waals surface area contributed by atoms with Crippen molar-refractivity contribution < 1.29 is 4.79 Å². The van der Waals surface area contributed by atoms with Crippen LogP contribution in [0.2, 0.25) is 0 Å². The van der Waals surface area contributed by atoms with Crippen LogP contribution in [0, 0.1) is 11.3 Å². The van der Waals surface area contributed by atoms with E-state index >= 15 is 0 Å². The second-order valence-corrected chi connectivity index (χ2v) is 4.66. The van der Waals surface area contributed by atoms with Gasteiger partial charge in [0.25, 0.3) is 0 Å². The van der Waals surface area contributed by atoms with Gasteiger partial charge in [0.15, 0.2) is 0 Å². The van der Waals surface area contributed by atoms with Crippen molar-refractivity contribution >= 4 is 22.6 Å². The van der Waals surface area contributed by atoms with E-state index in [1.807, 2.05) is 6.92 Å². The second kappa shape index (κ2) is 7.67. The maximum absolute atomic E-state index is 11.4. The van der Waals surface area contributed by atoms with Gasteiger partial charge in [0.05, 0.1) is 5.69 Å². The Morgan fingerprint density at radius 1 is 1.44 bits per heavy atom. The summed E-state index contributed by atoms with van der Waals surface area (Å²) in [7, 11) is 0. The Bertz CT molecular complexity index is 436. The topological polar surface area (TPSA) is 77.8 Å². The van der Waals surface area contributed by atoms with E-state index in [-0.39, 0.29) is 6.03 Å². The molecule has 6 heteroatoms. The number of carbonyl (C=O) groups is 1. The molecule has 2 amide bonds. The largest absolute Gasteiger partial charge is 0.338 e. The monoisotopic (exact) mass is 266 g/mol. The number of unbranched alkanes of at least 4 members (excludes halogenated alkanes) is 2. The molecule has 1 aromatic rings. The fourth-order valence-electron chi connectivity index (χ4n) is 1.54. The summed E-state index contributed by atoms with van der Waals surface area (Å²) >= 11 is 1.17. The highest BCUT2D eigenvalue weighted by Crippen LogP contribution is 2.25. The van der Waals surface area contributed by atoms with Gasteiger partial charge in [-0.15, -0.1) is 0 Å². The summed E-state index contributed by atoms with van der Waals surface area (Å²) < 4.78 is 4.25. The first-order chi connectivity index (χ1) is 8.72. The fraction of sp³-hybridized carbons (Fsp3) is 0.583. The molecule has 0 bridgehead atoms. The van der Waals surface area contributed by atoms with E-state index in [1.54, 1.807) is 0 Å². The van der Waals surface area contributed by atoms with Crippen LogP contribution in [0.25, 0.3) is 0 Å². The number of nitrogens with one attached hydrogen (secondary N) is 2. The minimum Gasteiger partial charge on any atom is -0.338 e. The van der Waals surface area contributed by atoms with Gasteiger partial charge in [-0.05, 0) is 31.3 Å². The molecule has 18 heavy (non-hydrogen) atoms. The van der Waals surface area contributed by atoms with Gasteiger partial charge in [-0.2, -0.15) is 9.64 Å². The molecule has 0 aliphatic carbocycles. The third kappa shape index (κ3) is 4.00. The highest BCUT2D eigenvalue weighted by Gasteiger charge is 2.14. The summed E-state index contributed by atoms with van der Waals surface area (Å²) in [5.41, 5.74) is 1.30. The third-order valence-corrected chi connectivity index (χ3v) is 3.26. The fourth-order valence-corrected chi connectivity index (χ4v) is 2.32. The van der Waals surface area contributed by atoms with Crippen LogP contribution in [0.5, 0.6) is 0 Å². The summed E-state index contributed by atoms with van der Waals surface area (Å²) in [4.78, 5) is 11.4. The van der Waals surface area contributed by atoms with E-state index in [0.717, 1.165) is 31.4 Å². The Morgan fingerprint density at radius 3 is 2.83 bits per heavy atom. The quantitative estimate of drug-likeness (QED) is 0.777. The Morgan fingerprint density at radius 2 is 2.22 bits per heavy atom. The first-order valence-corrected chi connectivity index (χ1v) is 6.93. The number of hydrogen-bond donors (Lipinski definition) is 2. The zero-order chi connectivity index (χ0) is 13.4. The number of urea groups is 1. The highest BCUT2D eigenvalue weighted by atomic mass is 32.1. The van der Waals surface area contributed by atoms with Crippen LogP contribution >= 0.6 is 11.5 Å². The maximum Gasteiger partial charge on any atom is 0.319 e. The van der Waals surface area contributed by atoms with Crippen LogP contribution in [-0.2, 0) is 6.42 Å². The standard InChI is InChI=1S/C12H18N4OS/c1-3-5-6-7-10-9(8-13)11(18-16-10)15-12(17)14-4-2/h3-7H2,1-2H3,(H2,14,15,17). The van der Waals surface area contributed by atoms with Crippen molar-refractivity contribution in [3.8, 4) is 6.07 Å².